The average Bonchev–Trinajstić information content (AvgIpc) is 3.32. The highest BCUT2D eigenvalue weighted by atomic mass is 19.1. The van der Waals surface area contributed by atoms with Gasteiger partial charge in [0, 0.05) is 37.1 Å². The third-order valence-corrected chi connectivity index (χ3v) is 6.00. The lowest BCUT2D eigenvalue weighted by atomic mass is 9.99. The molecule has 3 aromatic rings. The van der Waals surface area contributed by atoms with Crippen LogP contribution in [0.5, 0.6) is 5.75 Å². The molecule has 0 spiro atoms. The molecule has 1 aliphatic rings. The largest absolute Gasteiger partial charge is 0.496 e. The molecule has 2 amide bonds. The molecule has 0 bridgehead atoms. The molecule has 33 heavy (non-hydrogen) atoms. The summed E-state index contributed by atoms with van der Waals surface area (Å²) in [5.41, 5.74) is 1.72. The van der Waals surface area contributed by atoms with Crippen LogP contribution in [0, 0.1) is 5.82 Å². The number of hydrogen-bond donors (Lipinski definition) is 0. The average molecular weight is 450 g/mol. The highest BCUT2D eigenvalue weighted by Crippen LogP contribution is 2.34. The van der Waals surface area contributed by atoms with E-state index in [0.717, 1.165) is 5.69 Å². The first-order chi connectivity index (χ1) is 16.0. The number of rotatable bonds is 7. The van der Waals surface area contributed by atoms with E-state index in [1.165, 1.54) is 13.2 Å². The van der Waals surface area contributed by atoms with E-state index >= 15 is 0 Å². The molecule has 0 fully saturated rings. The van der Waals surface area contributed by atoms with Crippen molar-refractivity contribution in [3.8, 4) is 5.75 Å². The number of ether oxygens (including phenoxy) is 1. The van der Waals surface area contributed by atoms with Gasteiger partial charge in [0.05, 0.1) is 12.7 Å². The molecule has 2 aromatic carbocycles. The van der Waals surface area contributed by atoms with Gasteiger partial charge in [0.2, 0.25) is 5.91 Å². The van der Waals surface area contributed by atoms with Crippen molar-refractivity contribution >= 4 is 11.8 Å². The zero-order valence-electron chi connectivity index (χ0n) is 18.9. The van der Waals surface area contributed by atoms with Crippen molar-refractivity contribution in [2.75, 3.05) is 26.7 Å². The monoisotopic (exact) mass is 449 g/mol. The summed E-state index contributed by atoms with van der Waals surface area (Å²) in [6, 6.07) is 16.8. The van der Waals surface area contributed by atoms with E-state index in [9.17, 15) is 14.0 Å². The Morgan fingerprint density at radius 3 is 2.58 bits per heavy atom. The van der Waals surface area contributed by atoms with Crippen LogP contribution in [0.3, 0.4) is 0 Å². The lowest BCUT2D eigenvalue weighted by molar-refractivity contribution is -0.134. The fourth-order valence-corrected chi connectivity index (χ4v) is 4.44. The van der Waals surface area contributed by atoms with Gasteiger partial charge in [-0.2, -0.15) is 0 Å². The minimum atomic E-state index is -0.549. The fraction of sp³-hybridized carbons (Fsp3) is 0.308. The topological polar surface area (TPSA) is 54.8 Å². The minimum Gasteiger partial charge on any atom is -0.496 e. The van der Waals surface area contributed by atoms with Gasteiger partial charge in [0.25, 0.3) is 5.91 Å². The Morgan fingerprint density at radius 2 is 1.82 bits per heavy atom. The summed E-state index contributed by atoms with van der Waals surface area (Å²) in [5, 5.41) is 0. The van der Waals surface area contributed by atoms with E-state index in [1.807, 2.05) is 29.8 Å². The number of methoxy groups -OCH3 is 1. The number of nitrogens with zero attached hydrogens (tertiary/aromatic N) is 3. The third-order valence-electron chi connectivity index (χ3n) is 6.00. The van der Waals surface area contributed by atoms with E-state index in [1.54, 1.807) is 52.3 Å². The SMILES string of the molecule is CCCN(CC(=O)N1CCn2cccc2C1c1ccccc1F)C(=O)c1ccccc1OC. The standard InChI is InChI=1S/C26H28FN3O3/c1-3-14-29(26(32)20-10-5-7-13-23(20)33-2)18-24(31)30-17-16-28-15-8-12-22(28)25(30)19-9-4-6-11-21(19)27/h4-13,15,25H,3,14,16-18H2,1-2H3. The van der Waals surface area contributed by atoms with Crippen molar-refractivity contribution in [2.24, 2.45) is 0 Å². The Labute approximate surface area is 193 Å². The van der Waals surface area contributed by atoms with Gasteiger partial charge in [-0.25, -0.2) is 4.39 Å². The second-order valence-corrected chi connectivity index (χ2v) is 8.06. The van der Waals surface area contributed by atoms with Crippen LogP contribution in [-0.4, -0.2) is 52.9 Å². The minimum absolute atomic E-state index is 0.0869. The highest BCUT2D eigenvalue weighted by molar-refractivity contribution is 5.98. The molecule has 0 saturated carbocycles. The summed E-state index contributed by atoms with van der Waals surface area (Å²) in [5.74, 6) is -0.362. The zero-order chi connectivity index (χ0) is 23.4. The predicted octanol–water partition coefficient (Wildman–Crippen LogP) is 4.12. The van der Waals surface area contributed by atoms with Crippen molar-refractivity contribution in [1.29, 1.82) is 0 Å². The number of para-hydroxylation sites is 1. The summed E-state index contributed by atoms with van der Waals surface area (Å²) in [6.07, 6.45) is 2.65. The van der Waals surface area contributed by atoms with Gasteiger partial charge in [0.1, 0.15) is 24.2 Å². The first-order valence-corrected chi connectivity index (χ1v) is 11.2. The van der Waals surface area contributed by atoms with E-state index in [0.29, 0.717) is 42.9 Å². The molecule has 2 heterocycles. The van der Waals surface area contributed by atoms with Crippen LogP contribution in [0.4, 0.5) is 4.39 Å². The lowest BCUT2D eigenvalue weighted by Crippen LogP contribution is -2.48. The van der Waals surface area contributed by atoms with Crippen molar-refractivity contribution < 1.29 is 18.7 Å². The van der Waals surface area contributed by atoms with Crippen LogP contribution in [-0.2, 0) is 11.3 Å². The number of benzene rings is 2. The van der Waals surface area contributed by atoms with Gasteiger partial charge in [-0.3, -0.25) is 9.59 Å². The van der Waals surface area contributed by atoms with Gasteiger partial charge >= 0.3 is 0 Å². The molecule has 1 atom stereocenters. The smallest absolute Gasteiger partial charge is 0.258 e. The van der Waals surface area contributed by atoms with E-state index in [2.05, 4.69) is 0 Å². The number of aromatic nitrogens is 1. The van der Waals surface area contributed by atoms with Gasteiger partial charge in [-0.15, -0.1) is 0 Å². The van der Waals surface area contributed by atoms with Crippen molar-refractivity contribution in [2.45, 2.75) is 25.9 Å². The van der Waals surface area contributed by atoms with Crippen LogP contribution in [0.1, 0.15) is 41.0 Å². The lowest BCUT2D eigenvalue weighted by Gasteiger charge is -2.38. The van der Waals surface area contributed by atoms with Crippen LogP contribution in [0.25, 0.3) is 0 Å². The molecule has 0 radical (unpaired) electrons. The Balaban J connectivity index is 1.64. The maximum absolute atomic E-state index is 14.8. The van der Waals surface area contributed by atoms with Gasteiger partial charge in [0.15, 0.2) is 0 Å². The maximum atomic E-state index is 14.8. The van der Waals surface area contributed by atoms with Crippen LogP contribution < -0.4 is 4.74 Å². The molecule has 1 aromatic heterocycles. The molecule has 6 nitrogen and oxygen atoms in total. The van der Waals surface area contributed by atoms with E-state index < -0.39 is 6.04 Å². The summed E-state index contributed by atoms with van der Waals surface area (Å²) in [4.78, 5) is 30.1. The van der Waals surface area contributed by atoms with Crippen molar-refractivity contribution in [1.82, 2.24) is 14.4 Å². The summed E-state index contributed by atoms with van der Waals surface area (Å²) >= 11 is 0. The molecule has 0 N–H and O–H groups in total. The number of hydrogen-bond acceptors (Lipinski definition) is 3. The van der Waals surface area contributed by atoms with Crippen molar-refractivity contribution in [3.63, 3.8) is 0 Å². The molecule has 0 aliphatic carbocycles. The zero-order valence-corrected chi connectivity index (χ0v) is 18.9. The molecular formula is C26H28FN3O3. The Morgan fingerprint density at radius 1 is 1.06 bits per heavy atom. The van der Waals surface area contributed by atoms with Crippen LogP contribution in [0.15, 0.2) is 66.9 Å². The molecule has 0 saturated heterocycles. The molecule has 7 heteroatoms. The quantitative estimate of drug-likeness (QED) is 0.545. The summed E-state index contributed by atoms with van der Waals surface area (Å²) in [7, 11) is 1.52. The maximum Gasteiger partial charge on any atom is 0.258 e. The Hall–Kier alpha value is -3.61. The summed E-state index contributed by atoms with van der Waals surface area (Å²) < 4.78 is 22.2. The summed E-state index contributed by atoms with van der Waals surface area (Å²) in [6.45, 7) is 3.35. The first kappa shape index (κ1) is 22.6. The van der Waals surface area contributed by atoms with Crippen LogP contribution in [0.2, 0.25) is 0 Å². The van der Waals surface area contributed by atoms with Gasteiger partial charge < -0.3 is 19.1 Å². The number of halogens is 1. The molecule has 1 unspecified atom stereocenters. The third kappa shape index (κ3) is 4.49. The Bertz CT molecular complexity index is 1140. The van der Waals surface area contributed by atoms with Gasteiger partial charge in [-0.1, -0.05) is 37.3 Å². The predicted molar refractivity (Wildman–Crippen MR) is 124 cm³/mol. The number of carbonyl (C=O) groups is 2. The first-order valence-electron chi connectivity index (χ1n) is 11.2. The fourth-order valence-electron chi connectivity index (χ4n) is 4.44. The molecule has 172 valence electrons. The van der Waals surface area contributed by atoms with Gasteiger partial charge in [-0.05, 0) is 36.8 Å². The molecular weight excluding hydrogens is 421 g/mol. The number of fused-ring (bicyclic) bond motifs is 1. The van der Waals surface area contributed by atoms with Crippen molar-refractivity contribution in [3.05, 3.63) is 89.5 Å². The van der Waals surface area contributed by atoms with E-state index in [4.69, 9.17) is 4.74 Å². The second-order valence-electron chi connectivity index (χ2n) is 8.06. The normalized spacial score (nSPS) is 15.1. The molecule has 1 aliphatic heterocycles. The van der Waals surface area contributed by atoms with Crippen LogP contribution >= 0.6 is 0 Å². The molecule has 4 rings (SSSR count). The highest BCUT2D eigenvalue weighted by Gasteiger charge is 2.35. The number of amides is 2. The number of carbonyl (C=O) groups excluding carboxylic acids is 2. The second kappa shape index (κ2) is 9.90. The Kier molecular flexibility index (Phi) is 6.77. The van der Waals surface area contributed by atoms with E-state index in [-0.39, 0.29) is 24.2 Å².